The standard InChI is InChI=1S/C18H13N3O2S/c22-17(12-7-9-19-10-8-12)20-11-13-5-6-15(23-13)18-21-14-3-1-2-4-16(14)24-18/h1-10H,11H2,(H,20,22). The lowest BCUT2D eigenvalue weighted by atomic mass is 10.2. The number of rotatable bonds is 4. The summed E-state index contributed by atoms with van der Waals surface area (Å²) in [6, 6.07) is 15.1. The van der Waals surface area contributed by atoms with E-state index in [2.05, 4.69) is 15.3 Å². The van der Waals surface area contributed by atoms with Crippen LogP contribution in [0.15, 0.2) is 65.3 Å². The molecule has 0 atom stereocenters. The molecule has 1 amide bonds. The molecule has 0 aliphatic rings. The first-order chi connectivity index (χ1) is 11.8. The highest BCUT2D eigenvalue weighted by atomic mass is 32.1. The van der Waals surface area contributed by atoms with Gasteiger partial charge in [0.05, 0.1) is 16.8 Å². The van der Waals surface area contributed by atoms with Crippen molar-refractivity contribution in [3.05, 3.63) is 72.2 Å². The monoisotopic (exact) mass is 335 g/mol. The van der Waals surface area contributed by atoms with Crippen molar-refractivity contribution in [2.75, 3.05) is 0 Å². The van der Waals surface area contributed by atoms with Gasteiger partial charge in [-0.3, -0.25) is 9.78 Å². The molecule has 6 heteroatoms. The number of furan rings is 1. The van der Waals surface area contributed by atoms with Gasteiger partial charge in [-0.1, -0.05) is 12.1 Å². The Labute approximate surface area is 142 Å². The fourth-order valence-corrected chi connectivity index (χ4v) is 3.27. The van der Waals surface area contributed by atoms with Gasteiger partial charge in [-0.25, -0.2) is 4.98 Å². The number of hydrogen-bond donors (Lipinski definition) is 1. The van der Waals surface area contributed by atoms with Gasteiger partial charge in [0.2, 0.25) is 0 Å². The number of hydrogen-bond acceptors (Lipinski definition) is 5. The van der Waals surface area contributed by atoms with Crippen LogP contribution in [-0.4, -0.2) is 15.9 Å². The van der Waals surface area contributed by atoms with Gasteiger partial charge >= 0.3 is 0 Å². The lowest BCUT2D eigenvalue weighted by molar-refractivity contribution is 0.0948. The largest absolute Gasteiger partial charge is 0.457 e. The molecule has 5 nitrogen and oxygen atoms in total. The molecular weight excluding hydrogens is 322 g/mol. The number of thiazole rings is 1. The Morgan fingerprint density at radius 2 is 1.92 bits per heavy atom. The van der Waals surface area contributed by atoms with Crippen LogP contribution in [0.2, 0.25) is 0 Å². The number of amides is 1. The minimum atomic E-state index is -0.157. The van der Waals surface area contributed by atoms with Gasteiger partial charge < -0.3 is 9.73 Å². The molecular formula is C18H13N3O2S. The van der Waals surface area contributed by atoms with Crippen molar-refractivity contribution >= 4 is 27.5 Å². The summed E-state index contributed by atoms with van der Waals surface area (Å²) < 4.78 is 6.93. The Kier molecular flexibility index (Phi) is 3.80. The predicted octanol–water partition coefficient (Wildman–Crippen LogP) is 3.88. The zero-order valence-electron chi connectivity index (χ0n) is 12.6. The molecule has 1 aromatic carbocycles. The molecule has 0 spiro atoms. The lowest BCUT2D eigenvalue weighted by Crippen LogP contribution is -2.22. The summed E-state index contributed by atoms with van der Waals surface area (Å²) in [5.74, 6) is 1.24. The van der Waals surface area contributed by atoms with Crippen molar-refractivity contribution in [2.45, 2.75) is 6.54 Å². The van der Waals surface area contributed by atoms with E-state index in [1.54, 1.807) is 35.9 Å². The average molecular weight is 335 g/mol. The van der Waals surface area contributed by atoms with Crippen LogP contribution in [0.3, 0.4) is 0 Å². The Balaban J connectivity index is 1.48. The number of carbonyl (C=O) groups is 1. The first kappa shape index (κ1) is 14.6. The number of nitrogens with zero attached hydrogens (tertiary/aromatic N) is 2. The molecule has 3 heterocycles. The predicted molar refractivity (Wildman–Crippen MR) is 92.7 cm³/mol. The summed E-state index contributed by atoms with van der Waals surface area (Å²) >= 11 is 1.59. The number of benzene rings is 1. The zero-order chi connectivity index (χ0) is 16.4. The number of para-hydroxylation sites is 1. The topological polar surface area (TPSA) is 68.0 Å². The second-order valence-electron chi connectivity index (χ2n) is 5.17. The molecule has 0 unspecified atom stereocenters. The summed E-state index contributed by atoms with van der Waals surface area (Å²) in [5, 5.41) is 3.67. The molecule has 0 aliphatic carbocycles. The van der Waals surface area contributed by atoms with E-state index in [4.69, 9.17) is 4.42 Å². The lowest BCUT2D eigenvalue weighted by Gasteiger charge is -2.02. The smallest absolute Gasteiger partial charge is 0.251 e. The van der Waals surface area contributed by atoms with Crippen molar-refractivity contribution in [3.8, 4) is 10.8 Å². The molecule has 0 saturated heterocycles. The van der Waals surface area contributed by atoms with Crippen LogP contribution in [0.25, 0.3) is 21.0 Å². The van der Waals surface area contributed by atoms with Gasteiger partial charge in [0.1, 0.15) is 5.76 Å². The summed E-state index contributed by atoms with van der Waals surface area (Å²) in [6.07, 6.45) is 3.18. The van der Waals surface area contributed by atoms with Crippen LogP contribution in [0.1, 0.15) is 16.1 Å². The van der Waals surface area contributed by atoms with E-state index in [1.807, 2.05) is 36.4 Å². The zero-order valence-corrected chi connectivity index (χ0v) is 13.4. The Hall–Kier alpha value is -2.99. The van der Waals surface area contributed by atoms with Crippen molar-refractivity contribution in [1.82, 2.24) is 15.3 Å². The molecule has 4 aromatic rings. The Morgan fingerprint density at radius 3 is 2.75 bits per heavy atom. The molecule has 4 rings (SSSR count). The second kappa shape index (κ2) is 6.25. The Morgan fingerprint density at radius 1 is 1.08 bits per heavy atom. The number of carbonyl (C=O) groups excluding carboxylic acids is 1. The number of fused-ring (bicyclic) bond motifs is 1. The van der Waals surface area contributed by atoms with E-state index in [9.17, 15) is 4.79 Å². The SMILES string of the molecule is O=C(NCc1ccc(-c2nc3ccccc3s2)o1)c1ccncc1. The molecule has 0 aliphatic heterocycles. The van der Waals surface area contributed by atoms with Crippen LogP contribution >= 0.6 is 11.3 Å². The highest BCUT2D eigenvalue weighted by molar-refractivity contribution is 7.21. The normalized spacial score (nSPS) is 10.8. The summed E-state index contributed by atoms with van der Waals surface area (Å²) in [7, 11) is 0. The maximum Gasteiger partial charge on any atom is 0.251 e. The number of pyridine rings is 1. The summed E-state index contributed by atoms with van der Waals surface area (Å²) in [4.78, 5) is 20.5. The van der Waals surface area contributed by atoms with Crippen molar-refractivity contribution in [3.63, 3.8) is 0 Å². The fraction of sp³-hybridized carbons (Fsp3) is 0.0556. The van der Waals surface area contributed by atoms with Crippen molar-refractivity contribution < 1.29 is 9.21 Å². The molecule has 1 N–H and O–H groups in total. The van der Waals surface area contributed by atoms with Gasteiger partial charge in [0.15, 0.2) is 10.8 Å². The van der Waals surface area contributed by atoms with E-state index in [0.717, 1.165) is 15.2 Å². The maximum atomic E-state index is 12.0. The fourth-order valence-electron chi connectivity index (χ4n) is 2.34. The van der Waals surface area contributed by atoms with Crippen LogP contribution < -0.4 is 5.32 Å². The van der Waals surface area contributed by atoms with Gasteiger partial charge in [-0.05, 0) is 36.4 Å². The average Bonchev–Trinajstić information content (AvgIpc) is 3.27. The van der Waals surface area contributed by atoms with Crippen LogP contribution in [0.5, 0.6) is 0 Å². The van der Waals surface area contributed by atoms with Gasteiger partial charge in [0.25, 0.3) is 5.91 Å². The second-order valence-corrected chi connectivity index (χ2v) is 6.20. The maximum absolute atomic E-state index is 12.0. The Bertz CT molecular complexity index is 959. The number of aromatic nitrogens is 2. The van der Waals surface area contributed by atoms with Crippen molar-refractivity contribution in [1.29, 1.82) is 0 Å². The van der Waals surface area contributed by atoms with E-state index < -0.39 is 0 Å². The quantitative estimate of drug-likeness (QED) is 0.614. The van der Waals surface area contributed by atoms with Crippen LogP contribution in [0.4, 0.5) is 0 Å². The third-order valence-corrected chi connectivity index (χ3v) is 4.58. The minimum absolute atomic E-state index is 0.157. The highest BCUT2D eigenvalue weighted by Gasteiger charge is 2.11. The molecule has 0 saturated carbocycles. The molecule has 3 aromatic heterocycles. The molecule has 118 valence electrons. The van der Waals surface area contributed by atoms with Gasteiger partial charge in [0, 0.05) is 18.0 Å². The van der Waals surface area contributed by atoms with Crippen molar-refractivity contribution in [2.24, 2.45) is 0 Å². The first-order valence-corrected chi connectivity index (χ1v) is 8.24. The highest BCUT2D eigenvalue weighted by Crippen LogP contribution is 2.31. The van der Waals surface area contributed by atoms with E-state index >= 15 is 0 Å². The minimum Gasteiger partial charge on any atom is -0.457 e. The summed E-state index contributed by atoms with van der Waals surface area (Å²) in [5.41, 5.74) is 1.53. The molecule has 0 radical (unpaired) electrons. The first-order valence-electron chi connectivity index (χ1n) is 7.42. The van der Waals surface area contributed by atoms with E-state index in [-0.39, 0.29) is 5.91 Å². The molecule has 0 fully saturated rings. The number of nitrogens with one attached hydrogen (secondary N) is 1. The summed E-state index contributed by atoms with van der Waals surface area (Å²) in [6.45, 7) is 0.325. The van der Waals surface area contributed by atoms with Crippen LogP contribution in [-0.2, 0) is 6.54 Å². The van der Waals surface area contributed by atoms with Crippen LogP contribution in [0, 0.1) is 0 Å². The molecule has 24 heavy (non-hydrogen) atoms. The van der Waals surface area contributed by atoms with Gasteiger partial charge in [-0.15, -0.1) is 11.3 Å². The van der Waals surface area contributed by atoms with E-state index in [1.165, 1.54) is 0 Å². The third-order valence-electron chi connectivity index (χ3n) is 3.53. The van der Waals surface area contributed by atoms with E-state index in [0.29, 0.717) is 23.6 Å². The third kappa shape index (κ3) is 2.91. The van der Waals surface area contributed by atoms with Gasteiger partial charge in [-0.2, -0.15) is 0 Å². The molecule has 0 bridgehead atoms.